The van der Waals surface area contributed by atoms with Gasteiger partial charge >= 0.3 is 0 Å². The number of nitrogens with one attached hydrogen (secondary N) is 1. The zero-order valence-electron chi connectivity index (χ0n) is 6.56. The number of carbonyl (C=O) groups excluding carboxylic acids is 1. The lowest BCUT2D eigenvalue weighted by Gasteiger charge is -2.27. The van der Waals surface area contributed by atoms with Gasteiger partial charge in [-0.05, 0) is 13.8 Å². The van der Waals surface area contributed by atoms with Gasteiger partial charge in [0, 0.05) is 12.8 Å². The molecule has 1 saturated heterocycles. The molecule has 1 rings (SSSR count). The highest BCUT2D eigenvalue weighted by atomic mass is 16.2. The predicted octanol–water partition coefficient (Wildman–Crippen LogP) is 0.647. The SMILES string of the molecule is CN1C(=O)CC(=N)C1(C)C. The fourth-order valence-electron chi connectivity index (χ4n) is 1.00. The molecule has 3 heteroatoms. The third kappa shape index (κ3) is 0.735. The summed E-state index contributed by atoms with van der Waals surface area (Å²) >= 11 is 0. The second-order valence-electron chi connectivity index (χ2n) is 3.17. The molecule has 1 aliphatic heterocycles. The maximum Gasteiger partial charge on any atom is 0.228 e. The summed E-state index contributed by atoms with van der Waals surface area (Å²) in [6.45, 7) is 3.78. The number of hydrogen-bond donors (Lipinski definition) is 1. The first kappa shape index (κ1) is 7.25. The van der Waals surface area contributed by atoms with Crippen LogP contribution in [0.25, 0.3) is 0 Å². The Kier molecular flexibility index (Phi) is 1.31. The monoisotopic (exact) mass is 140 g/mol. The van der Waals surface area contributed by atoms with Crippen LogP contribution < -0.4 is 0 Å². The summed E-state index contributed by atoms with van der Waals surface area (Å²) in [6.07, 6.45) is 0.295. The van der Waals surface area contributed by atoms with Crippen LogP contribution >= 0.6 is 0 Å². The first-order valence-electron chi connectivity index (χ1n) is 3.31. The van der Waals surface area contributed by atoms with Crippen molar-refractivity contribution in [3.05, 3.63) is 0 Å². The van der Waals surface area contributed by atoms with Crippen molar-refractivity contribution in [2.24, 2.45) is 0 Å². The van der Waals surface area contributed by atoms with E-state index in [0.29, 0.717) is 12.1 Å². The summed E-state index contributed by atoms with van der Waals surface area (Å²) in [6, 6.07) is 0. The summed E-state index contributed by atoms with van der Waals surface area (Å²) in [4.78, 5) is 12.6. The van der Waals surface area contributed by atoms with Crippen LogP contribution in [0, 0.1) is 5.41 Å². The molecule has 0 atom stereocenters. The van der Waals surface area contributed by atoms with E-state index < -0.39 is 0 Å². The molecular weight excluding hydrogens is 128 g/mol. The maximum absolute atomic E-state index is 11.0. The molecular formula is C7H12N2O. The molecule has 1 fully saturated rings. The smallest absolute Gasteiger partial charge is 0.228 e. The Bertz CT molecular complexity index is 196. The van der Waals surface area contributed by atoms with E-state index in [0.717, 1.165) is 0 Å². The summed E-state index contributed by atoms with van der Waals surface area (Å²) in [5, 5.41) is 7.45. The highest BCUT2D eigenvalue weighted by Crippen LogP contribution is 2.23. The lowest BCUT2D eigenvalue weighted by Crippen LogP contribution is -2.41. The quantitative estimate of drug-likeness (QED) is 0.527. The van der Waals surface area contributed by atoms with E-state index in [4.69, 9.17) is 5.41 Å². The molecule has 1 N–H and O–H groups in total. The van der Waals surface area contributed by atoms with Crippen molar-refractivity contribution in [1.82, 2.24) is 4.90 Å². The Hall–Kier alpha value is -0.860. The van der Waals surface area contributed by atoms with Crippen LogP contribution in [-0.2, 0) is 4.79 Å². The van der Waals surface area contributed by atoms with Crippen molar-refractivity contribution in [2.45, 2.75) is 25.8 Å². The first-order chi connectivity index (χ1) is 4.46. The molecule has 0 radical (unpaired) electrons. The number of rotatable bonds is 0. The second kappa shape index (κ2) is 1.81. The Morgan fingerprint density at radius 2 is 2.10 bits per heavy atom. The molecule has 10 heavy (non-hydrogen) atoms. The Morgan fingerprint density at radius 1 is 1.60 bits per heavy atom. The highest BCUT2D eigenvalue weighted by molar-refractivity contribution is 6.10. The highest BCUT2D eigenvalue weighted by Gasteiger charge is 2.39. The van der Waals surface area contributed by atoms with Crippen LogP contribution in [0.4, 0.5) is 0 Å². The van der Waals surface area contributed by atoms with Crippen LogP contribution in [0.3, 0.4) is 0 Å². The molecule has 0 aromatic rings. The molecule has 1 amide bonds. The minimum Gasteiger partial charge on any atom is -0.335 e. The van der Waals surface area contributed by atoms with Gasteiger partial charge in [-0.2, -0.15) is 0 Å². The van der Waals surface area contributed by atoms with Crippen molar-refractivity contribution >= 4 is 11.6 Å². The fraction of sp³-hybridized carbons (Fsp3) is 0.714. The lowest BCUT2D eigenvalue weighted by molar-refractivity contribution is -0.128. The lowest BCUT2D eigenvalue weighted by atomic mass is 10.0. The molecule has 0 aliphatic carbocycles. The average molecular weight is 140 g/mol. The van der Waals surface area contributed by atoms with E-state index in [9.17, 15) is 4.79 Å². The molecule has 0 bridgehead atoms. The molecule has 0 unspecified atom stereocenters. The van der Waals surface area contributed by atoms with Crippen LogP contribution in [0.1, 0.15) is 20.3 Å². The molecule has 0 saturated carbocycles. The average Bonchev–Trinajstić information content (AvgIpc) is 1.97. The summed E-state index contributed by atoms with van der Waals surface area (Å²) in [7, 11) is 1.74. The Balaban J connectivity index is 2.96. The van der Waals surface area contributed by atoms with Crippen molar-refractivity contribution in [3.63, 3.8) is 0 Å². The van der Waals surface area contributed by atoms with Crippen molar-refractivity contribution in [2.75, 3.05) is 7.05 Å². The van der Waals surface area contributed by atoms with Crippen molar-refractivity contribution < 1.29 is 4.79 Å². The summed E-state index contributed by atoms with van der Waals surface area (Å²) in [5.41, 5.74) is 0.164. The van der Waals surface area contributed by atoms with Crippen molar-refractivity contribution in [3.8, 4) is 0 Å². The number of nitrogens with zero attached hydrogens (tertiary/aromatic N) is 1. The number of likely N-dealkylation sites (tertiary alicyclic amines) is 1. The fourth-order valence-corrected chi connectivity index (χ4v) is 1.00. The van der Waals surface area contributed by atoms with E-state index >= 15 is 0 Å². The van der Waals surface area contributed by atoms with E-state index in [1.807, 2.05) is 13.8 Å². The molecule has 3 nitrogen and oxygen atoms in total. The molecule has 0 aromatic heterocycles. The van der Waals surface area contributed by atoms with Gasteiger partial charge in [0.15, 0.2) is 0 Å². The van der Waals surface area contributed by atoms with Gasteiger partial charge in [0.05, 0.1) is 12.0 Å². The van der Waals surface area contributed by atoms with E-state index in [1.54, 1.807) is 11.9 Å². The van der Waals surface area contributed by atoms with E-state index in [-0.39, 0.29) is 11.4 Å². The van der Waals surface area contributed by atoms with Gasteiger partial charge in [-0.3, -0.25) is 4.79 Å². The van der Waals surface area contributed by atoms with Gasteiger partial charge in [0.2, 0.25) is 5.91 Å². The van der Waals surface area contributed by atoms with Crippen LogP contribution in [0.5, 0.6) is 0 Å². The van der Waals surface area contributed by atoms with Gasteiger partial charge in [0.25, 0.3) is 0 Å². The number of hydrogen-bond acceptors (Lipinski definition) is 2. The van der Waals surface area contributed by atoms with Crippen molar-refractivity contribution in [1.29, 1.82) is 5.41 Å². The van der Waals surface area contributed by atoms with Crippen LogP contribution in [0.2, 0.25) is 0 Å². The molecule has 1 heterocycles. The molecule has 56 valence electrons. The van der Waals surface area contributed by atoms with E-state index in [1.165, 1.54) is 0 Å². The van der Waals surface area contributed by atoms with Gasteiger partial charge in [-0.25, -0.2) is 0 Å². The molecule has 0 spiro atoms. The topological polar surface area (TPSA) is 44.2 Å². The van der Waals surface area contributed by atoms with E-state index in [2.05, 4.69) is 0 Å². The largest absolute Gasteiger partial charge is 0.335 e. The minimum absolute atomic E-state index is 0.0509. The summed E-state index contributed by atoms with van der Waals surface area (Å²) in [5.74, 6) is 0.0509. The summed E-state index contributed by atoms with van der Waals surface area (Å²) < 4.78 is 0. The van der Waals surface area contributed by atoms with Gasteiger partial charge in [-0.1, -0.05) is 0 Å². The second-order valence-corrected chi connectivity index (χ2v) is 3.17. The van der Waals surface area contributed by atoms with Gasteiger partial charge in [0.1, 0.15) is 0 Å². The zero-order valence-corrected chi connectivity index (χ0v) is 6.56. The predicted molar refractivity (Wildman–Crippen MR) is 39.2 cm³/mol. The number of carbonyl (C=O) groups is 1. The van der Waals surface area contributed by atoms with Gasteiger partial charge < -0.3 is 10.3 Å². The third-order valence-electron chi connectivity index (χ3n) is 2.28. The molecule has 1 aliphatic rings. The normalized spacial score (nSPS) is 24.1. The third-order valence-corrected chi connectivity index (χ3v) is 2.28. The van der Waals surface area contributed by atoms with Crippen LogP contribution in [0.15, 0.2) is 0 Å². The van der Waals surface area contributed by atoms with Gasteiger partial charge in [-0.15, -0.1) is 0 Å². The zero-order chi connectivity index (χ0) is 7.94. The number of amides is 1. The first-order valence-corrected chi connectivity index (χ1v) is 3.31. The maximum atomic E-state index is 11.0. The standard InChI is InChI=1S/C7H12N2O/c1-7(2)5(8)4-6(10)9(7)3/h8H,4H2,1-3H3. The Morgan fingerprint density at radius 3 is 2.20 bits per heavy atom. The van der Waals surface area contributed by atoms with Crippen LogP contribution in [-0.4, -0.2) is 29.1 Å². The molecule has 0 aromatic carbocycles. The Labute approximate surface area is 60.5 Å². The minimum atomic E-state index is -0.350.